The maximum Gasteiger partial charge on any atom is 0.341 e. The quantitative estimate of drug-likeness (QED) is 0.157. The summed E-state index contributed by atoms with van der Waals surface area (Å²) < 4.78 is 42.4. The summed E-state index contributed by atoms with van der Waals surface area (Å²) in [7, 11) is 2.99. The van der Waals surface area contributed by atoms with Crippen molar-refractivity contribution in [3.63, 3.8) is 0 Å². The zero-order valence-electron chi connectivity index (χ0n) is 26.9. The first-order chi connectivity index (χ1) is 22.3. The molecule has 2 aromatic rings. The Morgan fingerprint density at radius 1 is 1.06 bits per heavy atom. The zero-order valence-corrected chi connectivity index (χ0v) is 26.9. The third-order valence-corrected chi connectivity index (χ3v) is 7.68. The summed E-state index contributed by atoms with van der Waals surface area (Å²) in [6.07, 6.45) is 1.45. The average molecular weight is 658 g/mol. The van der Waals surface area contributed by atoms with Gasteiger partial charge in [-0.05, 0) is 69.7 Å². The molecule has 1 N–H and O–H groups in total. The van der Waals surface area contributed by atoms with Gasteiger partial charge < -0.3 is 33.7 Å². The number of rotatable bonds is 16. The molecule has 0 spiro atoms. The number of hydrogen-bond donors (Lipinski definition) is 1. The van der Waals surface area contributed by atoms with Crippen molar-refractivity contribution in [2.45, 2.75) is 58.1 Å². The SMILES string of the molecule is C=CC(=O)OCC(C)(C)C(=O)C(=O)N1CCCCC1C(=O)O[C@H](CCc1ccc(OC)c(OC)c1)c1cccc(OCC(=O)O)c1F. The molecule has 0 bridgehead atoms. The Balaban J connectivity index is 1.89. The number of carboxylic acids is 1. The van der Waals surface area contributed by atoms with Gasteiger partial charge in [0, 0.05) is 18.2 Å². The van der Waals surface area contributed by atoms with Gasteiger partial charge in [-0.25, -0.2) is 18.8 Å². The summed E-state index contributed by atoms with van der Waals surface area (Å²) in [4.78, 5) is 64.2. The van der Waals surface area contributed by atoms with Crippen LogP contribution in [0.2, 0.25) is 0 Å². The number of carboxylic acid groups (broad SMARTS) is 1. The number of amides is 1. The lowest BCUT2D eigenvalue weighted by molar-refractivity contribution is -0.165. The first kappa shape index (κ1) is 36.5. The van der Waals surface area contributed by atoms with Crippen LogP contribution in [0.1, 0.15) is 56.8 Å². The molecular formula is C34H40FNO11. The van der Waals surface area contributed by atoms with Crippen LogP contribution in [0.25, 0.3) is 0 Å². The van der Waals surface area contributed by atoms with Gasteiger partial charge in [-0.3, -0.25) is 9.59 Å². The zero-order chi connectivity index (χ0) is 34.7. The number of nitrogens with zero attached hydrogens (tertiary/aromatic N) is 1. The first-order valence-electron chi connectivity index (χ1n) is 15.0. The molecule has 3 rings (SSSR count). The van der Waals surface area contributed by atoms with Crippen LogP contribution >= 0.6 is 0 Å². The molecule has 47 heavy (non-hydrogen) atoms. The number of carbonyl (C=O) groups is 5. The lowest BCUT2D eigenvalue weighted by atomic mass is 9.87. The highest BCUT2D eigenvalue weighted by atomic mass is 19.1. The van der Waals surface area contributed by atoms with Gasteiger partial charge in [0.25, 0.3) is 5.91 Å². The molecule has 1 aliphatic heterocycles. The van der Waals surface area contributed by atoms with Crippen molar-refractivity contribution >= 4 is 29.6 Å². The summed E-state index contributed by atoms with van der Waals surface area (Å²) >= 11 is 0. The molecule has 1 aliphatic rings. The predicted molar refractivity (Wildman–Crippen MR) is 166 cm³/mol. The fourth-order valence-corrected chi connectivity index (χ4v) is 5.07. The molecule has 1 amide bonds. The molecule has 2 atom stereocenters. The number of esters is 2. The Morgan fingerprint density at radius 3 is 2.45 bits per heavy atom. The Bertz CT molecular complexity index is 1490. The summed E-state index contributed by atoms with van der Waals surface area (Å²) in [6.45, 7) is 5.16. The highest BCUT2D eigenvalue weighted by molar-refractivity contribution is 6.38. The number of ether oxygens (including phenoxy) is 5. The van der Waals surface area contributed by atoms with Crippen molar-refractivity contribution in [1.82, 2.24) is 4.90 Å². The van der Waals surface area contributed by atoms with E-state index in [1.807, 2.05) is 0 Å². The van der Waals surface area contributed by atoms with E-state index < -0.39 is 59.6 Å². The Labute approximate surface area is 272 Å². The second-order valence-electron chi connectivity index (χ2n) is 11.5. The minimum absolute atomic E-state index is 0.0587. The molecule has 13 heteroatoms. The number of aliphatic carboxylic acids is 1. The van der Waals surface area contributed by atoms with Crippen molar-refractivity contribution in [2.24, 2.45) is 5.41 Å². The van der Waals surface area contributed by atoms with Gasteiger partial charge in [0.2, 0.25) is 5.78 Å². The number of Topliss-reactive ketones (excluding diaryl/α,β-unsaturated/α-hetero) is 1. The van der Waals surface area contributed by atoms with E-state index in [9.17, 15) is 24.0 Å². The molecule has 0 aromatic heterocycles. The average Bonchev–Trinajstić information content (AvgIpc) is 3.07. The monoisotopic (exact) mass is 657 g/mol. The van der Waals surface area contributed by atoms with Crippen molar-refractivity contribution in [3.05, 3.63) is 66.0 Å². The van der Waals surface area contributed by atoms with Crippen molar-refractivity contribution in [2.75, 3.05) is 34.0 Å². The Hall–Kier alpha value is -4.94. The number of likely N-dealkylation sites (tertiary alicyclic amines) is 1. The third-order valence-electron chi connectivity index (χ3n) is 7.68. The minimum Gasteiger partial charge on any atom is -0.493 e. The minimum atomic E-state index is -1.39. The van der Waals surface area contributed by atoms with E-state index >= 15 is 4.39 Å². The molecule has 1 unspecified atom stereocenters. The van der Waals surface area contributed by atoms with Crippen LogP contribution in [-0.2, 0) is 39.9 Å². The van der Waals surface area contributed by atoms with Gasteiger partial charge in [-0.15, -0.1) is 0 Å². The predicted octanol–water partition coefficient (Wildman–Crippen LogP) is 4.23. The number of carbonyl (C=O) groups excluding carboxylic acids is 4. The van der Waals surface area contributed by atoms with E-state index in [4.69, 9.17) is 28.8 Å². The molecule has 0 aliphatic carbocycles. The van der Waals surface area contributed by atoms with Gasteiger partial charge in [0.1, 0.15) is 18.8 Å². The van der Waals surface area contributed by atoms with Gasteiger partial charge >= 0.3 is 17.9 Å². The van der Waals surface area contributed by atoms with E-state index in [1.54, 1.807) is 18.2 Å². The molecule has 2 aromatic carbocycles. The van der Waals surface area contributed by atoms with Gasteiger partial charge in [-0.1, -0.05) is 24.8 Å². The third kappa shape index (κ3) is 9.53. The number of benzene rings is 2. The fourth-order valence-electron chi connectivity index (χ4n) is 5.07. The molecule has 254 valence electrons. The topological polar surface area (TPSA) is 155 Å². The molecule has 12 nitrogen and oxygen atoms in total. The smallest absolute Gasteiger partial charge is 0.341 e. The number of piperidine rings is 1. The molecule has 1 fully saturated rings. The second kappa shape index (κ2) is 16.6. The van der Waals surface area contributed by atoms with Crippen molar-refractivity contribution in [1.29, 1.82) is 0 Å². The van der Waals surface area contributed by atoms with E-state index in [2.05, 4.69) is 6.58 Å². The lowest BCUT2D eigenvalue weighted by Crippen LogP contribution is -2.53. The largest absolute Gasteiger partial charge is 0.493 e. The fraction of sp³-hybridized carbons (Fsp3) is 0.441. The van der Waals surface area contributed by atoms with Crippen LogP contribution in [0, 0.1) is 11.2 Å². The van der Waals surface area contributed by atoms with Crippen molar-refractivity contribution in [3.8, 4) is 17.2 Å². The number of hydrogen-bond acceptors (Lipinski definition) is 10. The van der Waals surface area contributed by atoms with Crippen LogP contribution in [0.4, 0.5) is 4.39 Å². The van der Waals surface area contributed by atoms with Crippen LogP contribution in [0.15, 0.2) is 49.1 Å². The molecule has 0 saturated carbocycles. The summed E-state index contributed by atoms with van der Waals surface area (Å²) in [6, 6.07) is 8.20. The van der Waals surface area contributed by atoms with Crippen molar-refractivity contribution < 1.29 is 57.2 Å². The number of methoxy groups -OCH3 is 2. The number of ketones is 1. The molecule has 1 heterocycles. The Kier molecular flexibility index (Phi) is 12.9. The number of halogens is 1. The van der Waals surface area contributed by atoms with Crippen LogP contribution in [0.3, 0.4) is 0 Å². The van der Waals surface area contributed by atoms with Crippen LogP contribution in [-0.4, -0.2) is 79.6 Å². The normalized spacial score (nSPS) is 15.2. The molecule has 0 radical (unpaired) electrons. The highest BCUT2D eigenvalue weighted by Crippen LogP contribution is 2.34. The first-order valence-corrected chi connectivity index (χ1v) is 15.0. The van der Waals surface area contributed by atoms with Gasteiger partial charge in [-0.2, -0.15) is 0 Å². The van der Waals surface area contributed by atoms with E-state index in [-0.39, 0.29) is 37.3 Å². The van der Waals surface area contributed by atoms with Crippen LogP contribution in [0.5, 0.6) is 17.2 Å². The summed E-state index contributed by atoms with van der Waals surface area (Å²) in [5.74, 6) is -4.93. The maximum absolute atomic E-state index is 15.7. The highest BCUT2D eigenvalue weighted by Gasteiger charge is 2.42. The van der Waals surface area contributed by atoms with Gasteiger partial charge in [0.15, 0.2) is 29.7 Å². The number of aryl methyl sites for hydroxylation is 1. The summed E-state index contributed by atoms with van der Waals surface area (Å²) in [5.41, 5.74) is -0.679. The van der Waals surface area contributed by atoms with E-state index in [0.717, 1.165) is 16.5 Å². The van der Waals surface area contributed by atoms with Gasteiger partial charge in [0.05, 0.1) is 19.6 Å². The van der Waals surface area contributed by atoms with Crippen LogP contribution < -0.4 is 14.2 Å². The van der Waals surface area contributed by atoms with E-state index in [1.165, 1.54) is 46.3 Å². The van der Waals surface area contributed by atoms with E-state index in [0.29, 0.717) is 30.8 Å². The second-order valence-corrected chi connectivity index (χ2v) is 11.5. The summed E-state index contributed by atoms with van der Waals surface area (Å²) in [5, 5.41) is 9.00. The maximum atomic E-state index is 15.7. The molecule has 1 saturated heterocycles. The standard InChI is InChI=1S/C34H40FNO11/c1-6-29(39)46-20-34(2,3)31(40)32(41)36-17-8-7-11-23(36)33(42)47-24(15-13-21-14-16-25(43-4)27(18-21)44-5)22-10-9-12-26(30(22)35)45-19-28(37)38/h6,9-10,12,14,16,18,23-24H,1,7-8,11,13,15,17,19-20H2,2-5H3,(H,37,38)/t23?,24-/m1/s1. The lowest BCUT2D eigenvalue weighted by Gasteiger charge is -2.36. The Morgan fingerprint density at radius 2 is 1.79 bits per heavy atom. The molecular weight excluding hydrogens is 617 g/mol.